The van der Waals surface area contributed by atoms with Crippen LogP contribution in [0.1, 0.15) is 26.3 Å². The molecule has 1 amide bonds. The van der Waals surface area contributed by atoms with Gasteiger partial charge in [-0.2, -0.15) is 0 Å². The van der Waals surface area contributed by atoms with Gasteiger partial charge in [-0.15, -0.1) is 0 Å². The number of rotatable bonds is 8. The Morgan fingerprint density at radius 3 is 2.52 bits per heavy atom. The molecule has 0 saturated carbocycles. The Bertz CT molecular complexity index is 687. The van der Waals surface area contributed by atoms with E-state index >= 15 is 0 Å². The van der Waals surface area contributed by atoms with E-state index in [-0.39, 0.29) is 17.9 Å². The summed E-state index contributed by atoms with van der Waals surface area (Å²) in [7, 11) is 0. The van der Waals surface area contributed by atoms with Crippen molar-refractivity contribution in [3.63, 3.8) is 0 Å². The maximum atomic E-state index is 12.0. The van der Waals surface area contributed by atoms with Crippen LogP contribution in [-0.2, 0) is 11.3 Å². The van der Waals surface area contributed by atoms with Gasteiger partial charge in [-0.3, -0.25) is 4.79 Å². The van der Waals surface area contributed by atoms with Crippen molar-refractivity contribution in [2.75, 3.05) is 6.61 Å². The highest BCUT2D eigenvalue weighted by Gasteiger charge is 2.16. The fourth-order valence-electron chi connectivity index (χ4n) is 2.10. The second-order valence-electron chi connectivity index (χ2n) is 5.87. The molecule has 134 valence electrons. The predicted octanol–water partition coefficient (Wildman–Crippen LogP) is 2.87. The van der Waals surface area contributed by atoms with Gasteiger partial charge >= 0.3 is 0 Å². The van der Waals surface area contributed by atoms with Crippen LogP contribution in [0.15, 0.2) is 42.6 Å². The van der Waals surface area contributed by atoms with Crippen molar-refractivity contribution in [3.8, 4) is 17.4 Å². The minimum atomic E-state index is -0.235. The van der Waals surface area contributed by atoms with Gasteiger partial charge in [-0.1, -0.05) is 6.92 Å². The molecule has 25 heavy (non-hydrogen) atoms. The van der Waals surface area contributed by atoms with Gasteiger partial charge in [-0.05, 0) is 49.7 Å². The number of nitrogens with one attached hydrogen (secondary N) is 1. The van der Waals surface area contributed by atoms with Crippen molar-refractivity contribution >= 4 is 5.91 Å². The number of benzene rings is 1. The number of amides is 1. The molecule has 0 fully saturated rings. The van der Waals surface area contributed by atoms with E-state index in [1.54, 1.807) is 12.3 Å². The third-order valence-corrected chi connectivity index (χ3v) is 3.83. The third-order valence-electron chi connectivity index (χ3n) is 3.83. The molecule has 0 aliphatic rings. The van der Waals surface area contributed by atoms with E-state index in [1.807, 2.05) is 51.1 Å². The summed E-state index contributed by atoms with van der Waals surface area (Å²) in [5.74, 6) is 1.63. The number of nitrogens with two attached hydrogens (primary N) is 1. The van der Waals surface area contributed by atoms with Crippen molar-refractivity contribution in [3.05, 3.63) is 48.2 Å². The van der Waals surface area contributed by atoms with E-state index in [0.717, 1.165) is 11.3 Å². The zero-order valence-corrected chi connectivity index (χ0v) is 14.9. The third kappa shape index (κ3) is 5.76. The minimum absolute atomic E-state index is 0.0687. The molecule has 0 saturated heterocycles. The summed E-state index contributed by atoms with van der Waals surface area (Å²) in [5.41, 5.74) is 6.65. The minimum Gasteiger partial charge on any atom is -0.494 e. The summed E-state index contributed by atoms with van der Waals surface area (Å²) in [5, 5.41) is 2.87. The average molecular weight is 343 g/mol. The van der Waals surface area contributed by atoms with Gasteiger partial charge in [0.1, 0.15) is 11.5 Å². The van der Waals surface area contributed by atoms with Gasteiger partial charge in [0.15, 0.2) is 0 Å². The molecular weight excluding hydrogens is 318 g/mol. The van der Waals surface area contributed by atoms with Gasteiger partial charge in [-0.25, -0.2) is 4.98 Å². The molecule has 6 heteroatoms. The van der Waals surface area contributed by atoms with Crippen LogP contribution < -0.4 is 20.5 Å². The van der Waals surface area contributed by atoms with Crippen LogP contribution in [0.3, 0.4) is 0 Å². The standard InChI is InChI=1S/C19H25N3O3/c1-4-24-16-5-7-17(8-6-16)25-18-11-15(9-10-21-18)12-22-19(23)13(2)14(3)20/h5-11,13-14H,4,12,20H2,1-3H3,(H,22,23). The van der Waals surface area contributed by atoms with E-state index in [1.165, 1.54) is 0 Å². The highest BCUT2D eigenvalue weighted by Crippen LogP contribution is 2.23. The lowest BCUT2D eigenvalue weighted by atomic mass is 10.0. The molecule has 6 nitrogen and oxygen atoms in total. The summed E-state index contributed by atoms with van der Waals surface area (Å²) in [6.45, 7) is 6.59. The Balaban J connectivity index is 1.95. The van der Waals surface area contributed by atoms with Crippen LogP contribution in [0.2, 0.25) is 0 Å². The fourth-order valence-corrected chi connectivity index (χ4v) is 2.10. The monoisotopic (exact) mass is 343 g/mol. The first-order valence-corrected chi connectivity index (χ1v) is 8.38. The predicted molar refractivity (Wildman–Crippen MR) is 96.6 cm³/mol. The van der Waals surface area contributed by atoms with E-state index < -0.39 is 0 Å². The highest BCUT2D eigenvalue weighted by molar-refractivity contribution is 5.78. The van der Waals surface area contributed by atoms with Gasteiger partial charge in [0.25, 0.3) is 0 Å². The molecule has 1 aromatic carbocycles. The Hall–Kier alpha value is -2.60. The van der Waals surface area contributed by atoms with Crippen LogP contribution in [-0.4, -0.2) is 23.5 Å². The summed E-state index contributed by atoms with van der Waals surface area (Å²) >= 11 is 0. The summed E-state index contributed by atoms with van der Waals surface area (Å²) < 4.78 is 11.1. The first kappa shape index (κ1) is 18.7. The topological polar surface area (TPSA) is 86.5 Å². The van der Waals surface area contributed by atoms with E-state index in [0.29, 0.717) is 24.8 Å². The summed E-state index contributed by atoms with van der Waals surface area (Å²) in [6, 6.07) is 10.8. The molecule has 0 aliphatic heterocycles. The van der Waals surface area contributed by atoms with Crippen LogP contribution >= 0.6 is 0 Å². The maximum absolute atomic E-state index is 12.0. The molecule has 0 bridgehead atoms. The lowest BCUT2D eigenvalue weighted by Gasteiger charge is -2.15. The molecule has 0 radical (unpaired) electrons. The molecule has 2 atom stereocenters. The Morgan fingerprint density at radius 2 is 1.88 bits per heavy atom. The average Bonchev–Trinajstić information content (AvgIpc) is 2.61. The highest BCUT2D eigenvalue weighted by atomic mass is 16.5. The number of ether oxygens (including phenoxy) is 2. The Morgan fingerprint density at radius 1 is 1.20 bits per heavy atom. The normalized spacial score (nSPS) is 13.0. The van der Waals surface area contributed by atoms with Crippen LogP contribution in [0, 0.1) is 5.92 Å². The van der Waals surface area contributed by atoms with Crippen LogP contribution in [0.5, 0.6) is 17.4 Å². The maximum Gasteiger partial charge on any atom is 0.224 e. The van der Waals surface area contributed by atoms with Crippen molar-refractivity contribution in [2.24, 2.45) is 11.7 Å². The number of nitrogens with zero attached hydrogens (tertiary/aromatic N) is 1. The molecule has 2 aromatic rings. The lowest BCUT2D eigenvalue weighted by Crippen LogP contribution is -2.38. The number of hydrogen-bond acceptors (Lipinski definition) is 5. The number of carbonyl (C=O) groups excluding carboxylic acids is 1. The van der Waals surface area contributed by atoms with Gasteiger partial charge in [0.05, 0.1) is 6.61 Å². The second kappa shape index (κ2) is 9.03. The molecule has 0 spiro atoms. The summed E-state index contributed by atoms with van der Waals surface area (Å²) in [6.07, 6.45) is 1.65. The Labute approximate surface area is 148 Å². The van der Waals surface area contributed by atoms with Crippen molar-refractivity contribution in [1.82, 2.24) is 10.3 Å². The second-order valence-corrected chi connectivity index (χ2v) is 5.87. The Kier molecular flexibility index (Phi) is 6.77. The van der Waals surface area contributed by atoms with Crippen molar-refractivity contribution < 1.29 is 14.3 Å². The molecule has 3 N–H and O–H groups in total. The largest absolute Gasteiger partial charge is 0.494 e. The lowest BCUT2D eigenvalue weighted by molar-refractivity contribution is -0.125. The van der Waals surface area contributed by atoms with Gasteiger partial charge in [0.2, 0.25) is 11.8 Å². The molecule has 2 rings (SSSR count). The van der Waals surface area contributed by atoms with Crippen molar-refractivity contribution in [2.45, 2.75) is 33.4 Å². The van der Waals surface area contributed by atoms with Gasteiger partial charge < -0.3 is 20.5 Å². The van der Waals surface area contributed by atoms with Crippen LogP contribution in [0.4, 0.5) is 0 Å². The molecule has 0 aliphatic carbocycles. The number of pyridine rings is 1. The number of hydrogen-bond donors (Lipinski definition) is 2. The van der Waals surface area contributed by atoms with E-state index in [4.69, 9.17) is 15.2 Å². The first-order valence-electron chi connectivity index (χ1n) is 8.38. The smallest absolute Gasteiger partial charge is 0.224 e. The van der Waals surface area contributed by atoms with Crippen molar-refractivity contribution in [1.29, 1.82) is 0 Å². The van der Waals surface area contributed by atoms with Gasteiger partial charge in [0, 0.05) is 30.8 Å². The zero-order chi connectivity index (χ0) is 18.2. The van der Waals surface area contributed by atoms with E-state index in [9.17, 15) is 4.79 Å². The van der Waals surface area contributed by atoms with Crippen LogP contribution in [0.25, 0.3) is 0 Å². The number of aromatic nitrogens is 1. The summed E-state index contributed by atoms with van der Waals surface area (Å²) in [4.78, 5) is 16.2. The molecule has 1 aromatic heterocycles. The number of carbonyl (C=O) groups is 1. The SMILES string of the molecule is CCOc1ccc(Oc2cc(CNC(=O)C(C)C(C)N)ccn2)cc1. The first-order chi connectivity index (χ1) is 12.0. The zero-order valence-electron chi connectivity index (χ0n) is 14.9. The van der Waals surface area contributed by atoms with E-state index in [2.05, 4.69) is 10.3 Å². The fraction of sp³-hybridized carbons (Fsp3) is 0.368. The molecule has 1 heterocycles. The quantitative estimate of drug-likeness (QED) is 0.770. The molecule has 2 unspecified atom stereocenters. The molecular formula is C19H25N3O3.